The summed E-state index contributed by atoms with van der Waals surface area (Å²) in [4.78, 5) is 38.7. The summed E-state index contributed by atoms with van der Waals surface area (Å²) in [6, 6.07) is 12.0. The number of halogens is 1. The highest BCUT2D eigenvalue weighted by Crippen LogP contribution is 2.31. The molecule has 1 heterocycles. The summed E-state index contributed by atoms with van der Waals surface area (Å²) < 4.78 is 11.1. The fourth-order valence-corrected chi connectivity index (χ4v) is 3.56. The van der Waals surface area contributed by atoms with Crippen molar-refractivity contribution < 1.29 is 23.9 Å². The first-order valence-corrected chi connectivity index (χ1v) is 9.61. The minimum Gasteiger partial charge on any atom is -0.493 e. The monoisotopic (exact) mass is 461 g/mol. The van der Waals surface area contributed by atoms with E-state index in [0.717, 1.165) is 4.47 Å². The van der Waals surface area contributed by atoms with Crippen LogP contribution in [-0.4, -0.2) is 38.5 Å². The third kappa shape index (κ3) is 4.51. The van der Waals surface area contributed by atoms with Crippen molar-refractivity contribution in [3.63, 3.8) is 0 Å². The van der Waals surface area contributed by atoms with Gasteiger partial charge in [0.1, 0.15) is 0 Å². The number of ether oxygens (including phenoxy) is 2. The number of hydrogen-bond acceptors (Lipinski definition) is 5. The Bertz CT molecular complexity index is 949. The van der Waals surface area contributed by atoms with E-state index in [-0.39, 0.29) is 18.9 Å². The number of carbonyl (C=O) groups excluding carboxylic acids is 3. The Kier molecular flexibility index (Phi) is 6.38. The summed E-state index contributed by atoms with van der Waals surface area (Å²) in [5.74, 6) is -0.766. The number of nitrogens with zero attached hydrogens (tertiary/aromatic N) is 1. The van der Waals surface area contributed by atoms with Crippen LogP contribution in [0.5, 0.6) is 11.5 Å². The second kappa shape index (κ2) is 8.95. The van der Waals surface area contributed by atoms with Gasteiger partial charge in [-0.2, -0.15) is 0 Å². The number of amides is 3. The molecule has 0 bridgehead atoms. The van der Waals surface area contributed by atoms with Gasteiger partial charge >= 0.3 is 0 Å². The molecule has 3 rings (SSSR count). The molecule has 8 nitrogen and oxygen atoms in total. The van der Waals surface area contributed by atoms with Gasteiger partial charge in [-0.15, -0.1) is 0 Å². The molecule has 1 aliphatic rings. The highest BCUT2D eigenvalue weighted by molar-refractivity contribution is 9.10. The number of carbonyl (C=O) groups is 3. The summed E-state index contributed by atoms with van der Waals surface area (Å²) in [5, 5.41) is 0. The third-order valence-electron chi connectivity index (χ3n) is 4.58. The Hall–Kier alpha value is -3.07. The van der Waals surface area contributed by atoms with E-state index in [1.165, 1.54) is 20.3 Å². The number of nitrogens with one attached hydrogen (secondary N) is 2. The molecule has 0 aliphatic carbocycles. The van der Waals surface area contributed by atoms with Crippen molar-refractivity contribution in [1.82, 2.24) is 10.9 Å². The lowest BCUT2D eigenvalue weighted by Crippen LogP contribution is -2.45. The fraction of sp³-hybridized carbons (Fsp3) is 0.250. The first kappa shape index (κ1) is 20.7. The van der Waals surface area contributed by atoms with E-state index in [9.17, 15) is 14.4 Å². The zero-order valence-corrected chi connectivity index (χ0v) is 17.5. The molecule has 1 atom stereocenters. The molecule has 1 aliphatic heterocycles. The maximum absolute atomic E-state index is 12.5. The van der Waals surface area contributed by atoms with Gasteiger partial charge in [-0.25, -0.2) is 0 Å². The molecule has 0 spiro atoms. The van der Waals surface area contributed by atoms with E-state index >= 15 is 0 Å². The van der Waals surface area contributed by atoms with Crippen LogP contribution < -0.4 is 25.2 Å². The van der Waals surface area contributed by atoms with E-state index in [1.807, 2.05) is 18.2 Å². The van der Waals surface area contributed by atoms with Gasteiger partial charge in [0, 0.05) is 23.0 Å². The van der Waals surface area contributed by atoms with Gasteiger partial charge in [0.25, 0.3) is 5.91 Å². The normalized spacial score (nSPS) is 15.8. The summed E-state index contributed by atoms with van der Waals surface area (Å²) in [5.41, 5.74) is 5.77. The molecule has 2 aromatic rings. The van der Waals surface area contributed by atoms with Crippen LogP contribution in [0.15, 0.2) is 46.9 Å². The van der Waals surface area contributed by atoms with Crippen LogP contribution in [0.3, 0.4) is 0 Å². The standard InChI is InChI=1S/C20H20BrN3O5/c1-28-16-8-7-12(9-17(16)29-2)19(26)22-23-20(27)13-10-18(25)24(11-13)15-6-4-3-5-14(15)21/h3-9,13H,10-11H2,1-2H3,(H,22,26)(H,23,27). The Morgan fingerprint density at radius 2 is 1.79 bits per heavy atom. The van der Waals surface area contributed by atoms with Gasteiger partial charge in [-0.3, -0.25) is 25.2 Å². The van der Waals surface area contributed by atoms with Crippen LogP contribution in [-0.2, 0) is 9.59 Å². The number of hydrogen-bond donors (Lipinski definition) is 2. The van der Waals surface area contributed by atoms with Gasteiger partial charge in [0.05, 0.1) is 25.8 Å². The maximum atomic E-state index is 12.5. The van der Waals surface area contributed by atoms with Crippen molar-refractivity contribution in [2.24, 2.45) is 5.92 Å². The fourth-order valence-electron chi connectivity index (χ4n) is 3.06. The van der Waals surface area contributed by atoms with E-state index in [2.05, 4.69) is 26.8 Å². The third-order valence-corrected chi connectivity index (χ3v) is 5.25. The van der Waals surface area contributed by atoms with Gasteiger partial charge in [-0.1, -0.05) is 12.1 Å². The molecule has 3 amide bonds. The second-order valence-corrected chi connectivity index (χ2v) is 7.22. The van der Waals surface area contributed by atoms with Crippen LogP contribution in [0, 0.1) is 5.92 Å². The molecule has 0 radical (unpaired) electrons. The topological polar surface area (TPSA) is 97.0 Å². The molecule has 152 valence electrons. The molecule has 0 saturated carbocycles. The quantitative estimate of drug-likeness (QED) is 0.665. The van der Waals surface area contributed by atoms with Crippen molar-refractivity contribution in [2.75, 3.05) is 25.7 Å². The van der Waals surface area contributed by atoms with Gasteiger partial charge in [-0.05, 0) is 46.3 Å². The molecule has 2 N–H and O–H groups in total. The minimum absolute atomic E-state index is 0.0688. The minimum atomic E-state index is -0.569. The molecule has 0 aromatic heterocycles. The second-order valence-electron chi connectivity index (χ2n) is 6.37. The predicted molar refractivity (Wildman–Crippen MR) is 110 cm³/mol. The van der Waals surface area contributed by atoms with Gasteiger partial charge in [0.2, 0.25) is 11.8 Å². The SMILES string of the molecule is COc1ccc(C(=O)NNC(=O)C2CC(=O)N(c3ccccc3Br)C2)cc1OC. The average Bonchev–Trinajstić information content (AvgIpc) is 3.13. The molecule has 1 saturated heterocycles. The van der Waals surface area contributed by atoms with Crippen LogP contribution in [0.1, 0.15) is 16.8 Å². The van der Waals surface area contributed by atoms with E-state index < -0.39 is 17.7 Å². The summed E-state index contributed by atoms with van der Waals surface area (Å²) in [6.45, 7) is 0.236. The highest BCUT2D eigenvalue weighted by atomic mass is 79.9. The van der Waals surface area contributed by atoms with Gasteiger partial charge in [0.15, 0.2) is 11.5 Å². The number of para-hydroxylation sites is 1. The summed E-state index contributed by atoms with van der Waals surface area (Å²) >= 11 is 3.42. The average molecular weight is 462 g/mol. The number of hydrazine groups is 1. The highest BCUT2D eigenvalue weighted by Gasteiger charge is 2.36. The smallest absolute Gasteiger partial charge is 0.269 e. The zero-order valence-electron chi connectivity index (χ0n) is 15.9. The summed E-state index contributed by atoms with van der Waals surface area (Å²) in [7, 11) is 2.97. The first-order chi connectivity index (χ1) is 13.9. The van der Waals surface area contributed by atoms with Crippen molar-refractivity contribution in [2.45, 2.75) is 6.42 Å². The number of anilines is 1. The lowest BCUT2D eigenvalue weighted by Gasteiger charge is -2.18. The molecule has 9 heteroatoms. The Morgan fingerprint density at radius 3 is 2.48 bits per heavy atom. The van der Waals surface area contributed by atoms with Crippen molar-refractivity contribution in [1.29, 1.82) is 0 Å². The molecular weight excluding hydrogens is 442 g/mol. The van der Waals surface area contributed by atoms with Crippen molar-refractivity contribution >= 4 is 39.3 Å². The lowest BCUT2D eigenvalue weighted by molar-refractivity contribution is -0.126. The summed E-state index contributed by atoms with van der Waals surface area (Å²) in [6.07, 6.45) is 0.0688. The van der Waals surface area contributed by atoms with Crippen LogP contribution in [0.2, 0.25) is 0 Å². The largest absolute Gasteiger partial charge is 0.493 e. The molecule has 2 aromatic carbocycles. The Labute approximate surface area is 176 Å². The van der Waals surface area contributed by atoms with Crippen LogP contribution in [0.25, 0.3) is 0 Å². The van der Waals surface area contributed by atoms with E-state index in [4.69, 9.17) is 9.47 Å². The van der Waals surface area contributed by atoms with Crippen LogP contribution >= 0.6 is 15.9 Å². The zero-order chi connectivity index (χ0) is 21.0. The molecule has 29 heavy (non-hydrogen) atoms. The van der Waals surface area contributed by atoms with E-state index in [0.29, 0.717) is 22.7 Å². The van der Waals surface area contributed by atoms with Crippen molar-refractivity contribution in [3.8, 4) is 11.5 Å². The lowest BCUT2D eigenvalue weighted by atomic mass is 10.1. The molecular formula is C20H20BrN3O5. The predicted octanol–water partition coefficient (Wildman–Crippen LogP) is 2.28. The van der Waals surface area contributed by atoms with Gasteiger partial charge < -0.3 is 14.4 Å². The molecule has 1 unspecified atom stereocenters. The Balaban J connectivity index is 1.60. The molecule has 1 fully saturated rings. The maximum Gasteiger partial charge on any atom is 0.269 e. The number of rotatable bonds is 5. The Morgan fingerprint density at radius 1 is 1.07 bits per heavy atom. The van der Waals surface area contributed by atoms with Crippen LogP contribution in [0.4, 0.5) is 5.69 Å². The number of benzene rings is 2. The van der Waals surface area contributed by atoms with E-state index in [1.54, 1.807) is 23.1 Å². The van der Waals surface area contributed by atoms with Crippen molar-refractivity contribution in [3.05, 3.63) is 52.5 Å². The number of methoxy groups -OCH3 is 2. The first-order valence-electron chi connectivity index (χ1n) is 8.81.